The fourth-order valence-corrected chi connectivity index (χ4v) is 3.74. The van der Waals surface area contributed by atoms with Gasteiger partial charge in [0, 0.05) is 37.8 Å². The number of alkyl halides is 2. The molecule has 0 aromatic heterocycles. The van der Waals surface area contributed by atoms with Crippen molar-refractivity contribution in [1.29, 1.82) is 0 Å². The van der Waals surface area contributed by atoms with Gasteiger partial charge in [-0.2, -0.15) is 8.78 Å². The maximum absolute atomic E-state index is 12.7. The molecule has 1 aromatic carbocycles. The highest BCUT2D eigenvalue weighted by atomic mass is 19.3. The van der Waals surface area contributed by atoms with Crippen molar-refractivity contribution in [2.75, 3.05) is 33.3 Å². The summed E-state index contributed by atoms with van der Waals surface area (Å²) < 4.78 is 34.3. The molecule has 0 unspecified atom stereocenters. The molecule has 0 atom stereocenters. The minimum atomic E-state index is -2.93. The average molecular weight is 354 g/mol. The van der Waals surface area contributed by atoms with Crippen molar-refractivity contribution >= 4 is 5.91 Å². The van der Waals surface area contributed by atoms with Crippen molar-refractivity contribution in [3.8, 4) is 11.5 Å². The SMILES string of the molecule is COc1cc(C(=O)N2CCN(C3CCCC3)CC2)ccc1OC(F)F. The van der Waals surface area contributed by atoms with Crippen LogP contribution in [0.25, 0.3) is 0 Å². The number of benzene rings is 1. The summed E-state index contributed by atoms with van der Waals surface area (Å²) in [6, 6.07) is 4.99. The molecule has 1 aliphatic heterocycles. The Kier molecular flexibility index (Phi) is 5.73. The Bertz CT molecular complexity index is 598. The first-order valence-electron chi connectivity index (χ1n) is 8.74. The number of carbonyl (C=O) groups is 1. The number of piperazine rings is 1. The normalized spacial score (nSPS) is 19.4. The molecule has 1 aromatic rings. The molecule has 138 valence electrons. The third-order valence-corrected chi connectivity index (χ3v) is 5.07. The number of rotatable bonds is 5. The molecule has 0 bridgehead atoms. The van der Waals surface area contributed by atoms with Gasteiger partial charge in [0.1, 0.15) is 0 Å². The van der Waals surface area contributed by atoms with Crippen LogP contribution in [0, 0.1) is 0 Å². The molecular formula is C18H24F2N2O3. The molecular weight excluding hydrogens is 330 g/mol. The summed E-state index contributed by atoms with van der Waals surface area (Å²) in [5.41, 5.74) is 0.424. The first-order valence-corrected chi connectivity index (χ1v) is 8.74. The summed E-state index contributed by atoms with van der Waals surface area (Å²) in [4.78, 5) is 17.0. The van der Waals surface area contributed by atoms with Gasteiger partial charge in [0.15, 0.2) is 11.5 Å². The second-order valence-electron chi connectivity index (χ2n) is 6.51. The number of hydrogen-bond acceptors (Lipinski definition) is 4. The van der Waals surface area contributed by atoms with Gasteiger partial charge in [0.25, 0.3) is 5.91 Å². The Morgan fingerprint density at radius 1 is 1.12 bits per heavy atom. The molecule has 0 N–H and O–H groups in total. The molecule has 0 radical (unpaired) electrons. The molecule has 3 rings (SSSR count). The van der Waals surface area contributed by atoms with Crippen LogP contribution < -0.4 is 9.47 Å². The minimum absolute atomic E-state index is 0.0693. The summed E-state index contributed by atoms with van der Waals surface area (Å²) in [5.74, 6) is -0.0381. The van der Waals surface area contributed by atoms with Crippen LogP contribution in [-0.2, 0) is 0 Å². The number of halogens is 2. The van der Waals surface area contributed by atoms with Gasteiger partial charge in [-0.3, -0.25) is 9.69 Å². The van der Waals surface area contributed by atoms with Gasteiger partial charge >= 0.3 is 6.61 Å². The van der Waals surface area contributed by atoms with Crippen LogP contribution in [0.1, 0.15) is 36.0 Å². The Morgan fingerprint density at radius 3 is 2.40 bits per heavy atom. The fraction of sp³-hybridized carbons (Fsp3) is 0.611. The smallest absolute Gasteiger partial charge is 0.387 e. The Hall–Kier alpha value is -1.89. The molecule has 1 saturated heterocycles. The van der Waals surface area contributed by atoms with Crippen LogP contribution in [-0.4, -0.2) is 61.6 Å². The molecule has 2 fully saturated rings. The molecule has 2 aliphatic rings. The molecule has 25 heavy (non-hydrogen) atoms. The zero-order valence-electron chi connectivity index (χ0n) is 14.4. The Labute approximate surface area is 146 Å². The zero-order valence-corrected chi connectivity index (χ0v) is 14.4. The third-order valence-electron chi connectivity index (χ3n) is 5.07. The van der Waals surface area contributed by atoms with Gasteiger partial charge < -0.3 is 14.4 Å². The number of ether oxygens (including phenoxy) is 2. The molecule has 0 spiro atoms. The van der Waals surface area contributed by atoms with Gasteiger partial charge in [-0.25, -0.2) is 0 Å². The van der Waals surface area contributed by atoms with Crippen LogP contribution in [0.5, 0.6) is 11.5 Å². The molecule has 5 nitrogen and oxygen atoms in total. The summed E-state index contributed by atoms with van der Waals surface area (Å²) in [7, 11) is 1.36. The molecule has 1 saturated carbocycles. The molecule has 7 heteroatoms. The summed E-state index contributed by atoms with van der Waals surface area (Å²) >= 11 is 0. The van der Waals surface area contributed by atoms with E-state index < -0.39 is 6.61 Å². The van der Waals surface area contributed by atoms with E-state index in [1.807, 2.05) is 4.90 Å². The van der Waals surface area contributed by atoms with Gasteiger partial charge in [-0.15, -0.1) is 0 Å². The van der Waals surface area contributed by atoms with E-state index in [-0.39, 0.29) is 17.4 Å². The average Bonchev–Trinajstić information content (AvgIpc) is 3.16. The van der Waals surface area contributed by atoms with Gasteiger partial charge in [-0.05, 0) is 31.0 Å². The van der Waals surface area contributed by atoms with Crippen molar-refractivity contribution in [3.05, 3.63) is 23.8 Å². The second-order valence-corrected chi connectivity index (χ2v) is 6.51. The van der Waals surface area contributed by atoms with Gasteiger partial charge in [-0.1, -0.05) is 12.8 Å². The maximum Gasteiger partial charge on any atom is 0.387 e. The lowest BCUT2D eigenvalue weighted by atomic mass is 10.1. The van der Waals surface area contributed by atoms with Crippen molar-refractivity contribution in [2.24, 2.45) is 0 Å². The van der Waals surface area contributed by atoms with Crippen LogP contribution in [0.15, 0.2) is 18.2 Å². The highest BCUT2D eigenvalue weighted by molar-refractivity contribution is 5.95. The predicted molar refractivity (Wildman–Crippen MR) is 89.4 cm³/mol. The van der Waals surface area contributed by atoms with E-state index in [0.717, 1.165) is 13.1 Å². The number of amides is 1. The van der Waals surface area contributed by atoms with Crippen LogP contribution in [0.2, 0.25) is 0 Å². The standard InChI is InChI=1S/C18H24F2N2O3/c1-24-16-12-13(6-7-15(16)25-18(19)20)17(23)22-10-8-21(9-11-22)14-4-2-3-5-14/h6-7,12,14,18H,2-5,8-11H2,1H3. The number of nitrogens with zero attached hydrogens (tertiary/aromatic N) is 2. The summed E-state index contributed by atoms with van der Waals surface area (Å²) in [5, 5.41) is 0. The molecule has 1 heterocycles. The Balaban J connectivity index is 1.63. The van der Waals surface area contributed by atoms with E-state index in [1.54, 1.807) is 0 Å². The first kappa shape index (κ1) is 17.9. The first-order chi connectivity index (χ1) is 12.1. The monoisotopic (exact) mass is 354 g/mol. The lowest BCUT2D eigenvalue weighted by Crippen LogP contribution is -2.51. The van der Waals surface area contributed by atoms with Gasteiger partial charge in [0.2, 0.25) is 0 Å². The van der Waals surface area contributed by atoms with Gasteiger partial charge in [0.05, 0.1) is 7.11 Å². The largest absolute Gasteiger partial charge is 0.493 e. The minimum Gasteiger partial charge on any atom is -0.493 e. The highest BCUT2D eigenvalue weighted by Crippen LogP contribution is 2.30. The van der Waals surface area contributed by atoms with Crippen LogP contribution >= 0.6 is 0 Å². The lowest BCUT2D eigenvalue weighted by Gasteiger charge is -2.38. The van der Waals surface area contributed by atoms with E-state index in [9.17, 15) is 13.6 Å². The van der Waals surface area contributed by atoms with E-state index in [4.69, 9.17) is 4.74 Å². The van der Waals surface area contributed by atoms with Crippen LogP contribution in [0.3, 0.4) is 0 Å². The predicted octanol–water partition coefficient (Wildman–Crippen LogP) is 3.00. The Morgan fingerprint density at radius 2 is 1.80 bits per heavy atom. The zero-order chi connectivity index (χ0) is 17.8. The summed E-state index contributed by atoms with van der Waals surface area (Å²) in [6.45, 7) is 0.222. The maximum atomic E-state index is 12.7. The van der Waals surface area contributed by atoms with E-state index >= 15 is 0 Å². The number of hydrogen-bond donors (Lipinski definition) is 0. The third kappa shape index (κ3) is 4.21. The van der Waals surface area contributed by atoms with Crippen molar-refractivity contribution in [1.82, 2.24) is 9.80 Å². The van der Waals surface area contributed by atoms with Crippen LogP contribution in [0.4, 0.5) is 8.78 Å². The number of carbonyl (C=O) groups excluding carboxylic acids is 1. The quantitative estimate of drug-likeness (QED) is 0.815. The van der Waals surface area contributed by atoms with E-state index in [0.29, 0.717) is 24.7 Å². The molecule has 1 amide bonds. The van der Waals surface area contributed by atoms with Crippen molar-refractivity contribution in [2.45, 2.75) is 38.3 Å². The summed E-state index contributed by atoms with van der Waals surface area (Å²) in [6.07, 6.45) is 5.13. The van der Waals surface area contributed by atoms with Crippen molar-refractivity contribution < 1.29 is 23.0 Å². The highest BCUT2D eigenvalue weighted by Gasteiger charge is 2.28. The topological polar surface area (TPSA) is 42.0 Å². The number of methoxy groups -OCH3 is 1. The van der Waals surface area contributed by atoms with E-state index in [1.165, 1.54) is 51.0 Å². The molecule has 1 aliphatic carbocycles. The van der Waals surface area contributed by atoms with Crippen molar-refractivity contribution in [3.63, 3.8) is 0 Å². The van der Waals surface area contributed by atoms with E-state index in [2.05, 4.69) is 9.64 Å². The second kappa shape index (κ2) is 7.99. The fourth-order valence-electron chi connectivity index (χ4n) is 3.74. The lowest BCUT2D eigenvalue weighted by molar-refractivity contribution is -0.0512.